The first kappa shape index (κ1) is 16.6. The quantitative estimate of drug-likeness (QED) is 0.787. The minimum atomic E-state index is 0.391. The molecule has 114 valence electrons. The molecule has 5 heteroatoms. The summed E-state index contributed by atoms with van der Waals surface area (Å²) in [5, 5.41) is 3.48. The molecule has 0 amide bonds. The van der Waals surface area contributed by atoms with E-state index in [1.165, 1.54) is 0 Å². The molecule has 1 unspecified atom stereocenters. The zero-order chi connectivity index (χ0) is 15.1. The summed E-state index contributed by atoms with van der Waals surface area (Å²) in [7, 11) is 9.04. The highest BCUT2D eigenvalue weighted by molar-refractivity contribution is 5.50. The number of nitrogens with one attached hydrogen (secondary N) is 1. The van der Waals surface area contributed by atoms with E-state index in [-0.39, 0.29) is 0 Å². The van der Waals surface area contributed by atoms with Crippen molar-refractivity contribution in [3.05, 3.63) is 17.7 Å². The SMILES string of the molecule is COc1cc(OC)c(OC)cc1CNC(C)CN(C)C. The third kappa shape index (κ3) is 4.58. The third-order valence-electron chi connectivity index (χ3n) is 3.07. The van der Waals surface area contributed by atoms with Crippen LogP contribution in [0, 0.1) is 0 Å². The smallest absolute Gasteiger partial charge is 0.164 e. The molecule has 0 aliphatic carbocycles. The number of rotatable bonds is 8. The van der Waals surface area contributed by atoms with Crippen molar-refractivity contribution < 1.29 is 14.2 Å². The van der Waals surface area contributed by atoms with Gasteiger partial charge in [0.15, 0.2) is 11.5 Å². The van der Waals surface area contributed by atoms with Gasteiger partial charge in [-0.05, 0) is 27.1 Å². The summed E-state index contributed by atoms with van der Waals surface area (Å²) in [6.07, 6.45) is 0. The third-order valence-corrected chi connectivity index (χ3v) is 3.07. The first-order valence-electron chi connectivity index (χ1n) is 6.68. The summed E-state index contributed by atoms with van der Waals surface area (Å²) in [6.45, 7) is 3.86. The second-order valence-electron chi connectivity index (χ2n) is 5.06. The molecule has 0 fully saturated rings. The minimum Gasteiger partial charge on any atom is -0.496 e. The van der Waals surface area contributed by atoms with Gasteiger partial charge >= 0.3 is 0 Å². The van der Waals surface area contributed by atoms with Crippen molar-refractivity contribution >= 4 is 0 Å². The predicted molar refractivity (Wildman–Crippen MR) is 81.0 cm³/mol. The molecule has 0 spiro atoms. The first-order chi connectivity index (χ1) is 9.51. The van der Waals surface area contributed by atoms with E-state index < -0.39 is 0 Å². The first-order valence-corrected chi connectivity index (χ1v) is 6.68. The van der Waals surface area contributed by atoms with E-state index in [1.54, 1.807) is 21.3 Å². The summed E-state index contributed by atoms with van der Waals surface area (Å²) >= 11 is 0. The molecule has 1 aromatic rings. The van der Waals surface area contributed by atoms with Crippen LogP contribution in [0.1, 0.15) is 12.5 Å². The average Bonchev–Trinajstić information content (AvgIpc) is 2.43. The molecule has 0 saturated carbocycles. The van der Waals surface area contributed by atoms with Crippen LogP contribution < -0.4 is 19.5 Å². The van der Waals surface area contributed by atoms with Crippen LogP contribution >= 0.6 is 0 Å². The van der Waals surface area contributed by atoms with Crippen LogP contribution in [0.25, 0.3) is 0 Å². The largest absolute Gasteiger partial charge is 0.496 e. The maximum absolute atomic E-state index is 5.41. The van der Waals surface area contributed by atoms with E-state index >= 15 is 0 Å². The molecule has 20 heavy (non-hydrogen) atoms. The molecule has 0 aliphatic heterocycles. The normalized spacial score (nSPS) is 12.3. The van der Waals surface area contributed by atoms with Crippen molar-refractivity contribution in [2.45, 2.75) is 19.5 Å². The van der Waals surface area contributed by atoms with Gasteiger partial charge in [-0.15, -0.1) is 0 Å². The van der Waals surface area contributed by atoms with Gasteiger partial charge in [-0.2, -0.15) is 0 Å². The Morgan fingerprint density at radius 1 is 1.00 bits per heavy atom. The Labute approximate surface area is 121 Å². The minimum absolute atomic E-state index is 0.391. The lowest BCUT2D eigenvalue weighted by Crippen LogP contribution is -2.35. The Morgan fingerprint density at radius 2 is 1.55 bits per heavy atom. The van der Waals surface area contributed by atoms with Crippen molar-refractivity contribution in [1.29, 1.82) is 0 Å². The molecule has 1 rings (SSSR count). The zero-order valence-electron chi connectivity index (χ0n) is 13.3. The number of hydrogen-bond donors (Lipinski definition) is 1. The molecular formula is C15H26N2O3. The van der Waals surface area contributed by atoms with E-state index in [4.69, 9.17) is 14.2 Å². The second kappa shape index (κ2) is 7.97. The molecule has 0 heterocycles. The molecule has 0 aliphatic rings. The summed E-state index contributed by atoms with van der Waals surface area (Å²) in [4.78, 5) is 2.16. The van der Waals surface area contributed by atoms with Gasteiger partial charge in [0.25, 0.3) is 0 Å². The maximum Gasteiger partial charge on any atom is 0.164 e. The van der Waals surface area contributed by atoms with Gasteiger partial charge in [-0.1, -0.05) is 0 Å². The van der Waals surface area contributed by atoms with Gasteiger partial charge in [0.05, 0.1) is 21.3 Å². The topological polar surface area (TPSA) is 43.0 Å². The standard InChI is InChI=1S/C15H26N2O3/c1-11(10-17(2)3)16-9-12-7-14(19-5)15(20-6)8-13(12)18-4/h7-8,11,16H,9-10H2,1-6H3. The van der Waals surface area contributed by atoms with Gasteiger partial charge in [-0.25, -0.2) is 0 Å². The lowest BCUT2D eigenvalue weighted by molar-refractivity contribution is 0.339. The molecule has 0 bridgehead atoms. The van der Waals surface area contributed by atoms with Gasteiger partial charge in [0.2, 0.25) is 0 Å². The monoisotopic (exact) mass is 282 g/mol. The predicted octanol–water partition coefficient (Wildman–Crippen LogP) is 1.75. The Balaban J connectivity index is 2.82. The van der Waals surface area contributed by atoms with Crippen LogP contribution in [0.5, 0.6) is 17.2 Å². The van der Waals surface area contributed by atoms with Gasteiger partial charge in [0.1, 0.15) is 5.75 Å². The average molecular weight is 282 g/mol. The Hall–Kier alpha value is -1.46. The summed E-state index contributed by atoms with van der Waals surface area (Å²) < 4.78 is 16.0. The molecule has 0 aromatic heterocycles. The number of benzene rings is 1. The van der Waals surface area contributed by atoms with E-state index in [0.29, 0.717) is 17.5 Å². The van der Waals surface area contributed by atoms with Crippen LogP contribution in [0.3, 0.4) is 0 Å². The molecule has 5 nitrogen and oxygen atoms in total. The highest BCUT2D eigenvalue weighted by Crippen LogP contribution is 2.34. The van der Waals surface area contributed by atoms with Gasteiger partial charge in [0, 0.05) is 30.8 Å². The molecule has 1 atom stereocenters. The summed E-state index contributed by atoms with van der Waals surface area (Å²) in [5.41, 5.74) is 1.05. The molecule has 1 aromatic carbocycles. The number of nitrogens with zero attached hydrogens (tertiary/aromatic N) is 1. The van der Waals surface area contributed by atoms with E-state index in [0.717, 1.165) is 24.4 Å². The molecular weight excluding hydrogens is 256 g/mol. The number of likely N-dealkylation sites (N-methyl/N-ethyl adjacent to an activating group) is 1. The fourth-order valence-electron chi connectivity index (χ4n) is 2.13. The van der Waals surface area contributed by atoms with Crippen LogP contribution in [0.4, 0.5) is 0 Å². The summed E-state index contributed by atoms with van der Waals surface area (Å²) in [6, 6.07) is 4.20. The van der Waals surface area contributed by atoms with Crippen molar-refractivity contribution in [2.75, 3.05) is 42.0 Å². The zero-order valence-corrected chi connectivity index (χ0v) is 13.3. The van der Waals surface area contributed by atoms with Crippen molar-refractivity contribution in [3.63, 3.8) is 0 Å². The lowest BCUT2D eigenvalue weighted by Gasteiger charge is -2.20. The van der Waals surface area contributed by atoms with Crippen molar-refractivity contribution in [3.8, 4) is 17.2 Å². The van der Waals surface area contributed by atoms with Crippen molar-refractivity contribution in [1.82, 2.24) is 10.2 Å². The Kier molecular flexibility index (Phi) is 6.61. The van der Waals surface area contributed by atoms with Gasteiger partial charge < -0.3 is 24.4 Å². The van der Waals surface area contributed by atoms with E-state index in [1.807, 2.05) is 12.1 Å². The van der Waals surface area contributed by atoms with Crippen LogP contribution in [0.2, 0.25) is 0 Å². The van der Waals surface area contributed by atoms with Crippen LogP contribution in [0.15, 0.2) is 12.1 Å². The Bertz CT molecular complexity index is 422. The van der Waals surface area contributed by atoms with Gasteiger partial charge in [-0.3, -0.25) is 0 Å². The molecule has 0 saturated heterocycles. The van der Waals surface area contributed by atoms with Crippen LogP contribution in [-0.4, -0.2) is 52.9 Å². The maximum atomic E-state index is 5.41. The lowest BCUT2D eigenvalue weighted by atomic mass is 10.1. The molecule has 1 N–H and O–H groups in total. The summed E-state index contributed by atoms with van der Waals surface area (Å²) in [5.74, 6) is 2.19. The Morgan fingerprint density at radius 3 is 2.05 bits per heavy atom. The van der Waals surface area contributed by atoms with E-state index in [9.17, 15) is 0 Å². The number of ether oxygens (including phenoxy) is 3. The highest BCUT2D eigenvalue weighted by Gasteiger charge is 2.12. The highest BCUT2D eigenvalue weighted by atomic mass is 16.5. The van der Waals surface area contributed by atoms with Crippen LogP contribution in [-0.2, 0) is 6.54 Å². The fraction of sp³-hybridized carbons (Fsp3) is 0.600. The number of hydrogen-bond acceptors (Lipinski definition) is 5. The van der Waals surface area contributed by atoms with Crippen molar-refractivity contribution in [2.24, 2.45) is 0 Å². The van der Waals surface area contributed by atoms with E-state index in [2.05, 4.69) is 31.2 Å². The second-order valence-corrected chi connectivity index (χ2v) is 5.06. The number of methoxy groups -OCH3 is 3. The molecule has 0 radical (unpaired) electrons. The fourth-order valence-corrected chi connectivity index (χ4v) is 2.13.